The van der Waals surface area contributed by atoms with Crippen LogP contribution in [0.25, 0.3) is 0 Å². The molecule has 20 heavy (non-hydrogen) atoms. The zero-order valence-corrected chi connectivity index (χ0v) is 12.5. The Labute approximate surface area is 119 Å². The van der Waals surface area contributed by atoms with E-state index in [-0.39, 0.29) is 18.0 Å². The lowest BCUT2D eigenvalue weighted by Crippen LogP contribution is -2.31. The molecule has 0 aromatic heterocycles. The molecule has 110 valence electrons. The summed E-state index contributed by atoms with van der Waals surface area (Å²) in [5, 5.41) is 9.86. The number of hydrogen-bond donors (Lipinski definition) is 1. The number of aliphatic hydroxyl groups is 1. The van der Waals surface area contributed by atoms with Crippen LogP contribution in [-0.2, 0) is 9.47 Å². The van der Waals surface area contributed by atoms with Crippen LogP contribution in [0.2, 0.25) is 0 Å². The first-order valence-corrected chi connectivity index (χ1v) is 6.85. The maximum atomic E-state index is 12.2. The zero-order chi connectivity index (χ0) is 14.9. The van der Waals surface area contributed by atoms with Gasteiger partial charge in [-0.3, -0.25) is 4.79 Å². The number of ketones is 1. The lowest BCUT2D eigenvalue weighted by molar-refractivity contribution is 0.0329. The van der Waals surface area contributed by atoms with E-state index >= 15 is 0 Å². The molecule has 1 aromatic rings. The first-order chi connectivity index (χ1) is 9.38. The van der Waals surface area contributed by atoms with Crippen LogP contribution in [0.5, 0.6) is 0 Å². The number of ether oxygens (including phenoxy) is 2. The predicted octanol–water partition coefficient (Wildman–Crippen LogP) is 2.81. The second-order valence-electron chi connectivity index (χ2n) is 5.76. The van der Waals surface area contributed by atoms with E-state index in [0.717, 1.165) is 24.0 Å². The van der Waals surface area contributed by atoms with Gasteiger partial charge in [-0.25, -0.2) is 0 Å². The topological polar surface area (TPSA) is 55.8 Å². The quantitative estimate of drug-likeness (QED) is 0.860. The van der Waals surface area contributed by atoms with Crippen LogP contribution in [0.15, 0.2) is 18.2 Å². The molecule has 2 atom stereocenters. The van der Waals surface area contributed by atoms with E-state index in [1.807, 2.05) is 12.1 Å². The molecular formula is C16H22O4. The van der Waals surface area contributed by atoms with Crippen molar-refractivity contribution in [3.05, 3.63) is 34.9 Å². The molecule has 1 aliphatic rings. The molecule has 0 bridgehead atoms. The molecule has 2 rings (SSSR count). The smallest absolute Gasteiger partial charge is 0.193 e. The van der Waals surface area contributed by atoms with Crippen LogP contribution >= 0.6 is 0 Å². The van der Waals surface area contributed by atoms with Gasteiger partial charge in [-0.15, -0.1) is 0 Å². The molecule has 0 heterocycles. The van der Waals surface area contributed by atoms with Gasteiger partial charge in [0.05, 0.1) is 12.2 Å². The third kappa shape index (κ3) is 2.77. The van der Waals surface area contributed by atoms with Crippen molar-refractivity contribution in [1.82, 2.24) is 0 Å². The molecule has 4 heteroatoms. The number of hydrogen-bond acceptors (Lipinski definition) is 4. The van der Waals surface area contributed by atoms with Crippen LogP contribution in [0.1, 0.15) is 60.4 Å². The van der Waals surface area contributed by atoms with Gasteiger partial charge in [-0.2, -0.15) is 0 Å². The minimum Gasteiger partial charge on any atom is -0.382 e. The average molecular weight is 278 g/mol. The van der Waals surface area contributed by atoms with Gasteiger partial charge in [0.2, 0.25) is 0 Å². The van der Waals surface area contributed by atoms with Crippen molar-refractivity contribution >= 4 is 5.78 Å². The number of rotatable bonds is 4. The Morgan fingerprint density at radius 2 is 1.70 bits per heavy atom. The molecule has 1 aliphatic carbocycles. The highest BCUT2D eigenvalue weighted by Crippen LogP contribution is 2.40. The van der Waals surface area contributed by atoms with Crippen molar-refractivity contribution in [2.24, 2.45) is 0 Å². The maximum absolute atomic E-state index is 12.2. The Balaban J connectivity index is 2.45. The lowest BCUT2D eigenvalue weighted by Gasteiger charge is -2.30. The van der Waals surface area contributed by atoms with Gasteiger partial charge in [0, 0.05) is 19.8 Å². The van der Waals surface area contributed by atoms with Crippen LogP contribution in [0, 0.1) is 0 Å². The fourth-order valence-electron chi connectivity index (χ4n) is 2.74. The van der Waals surface area contributed by atoms with E-state index in [9.17, 15) is 9.90 Å². The second kappa shape index (κ2) is 5.64. The highest BCUT2D eigenvalue weighted by molar-refractivity contribution is 6.01. The summed E-state index contributed by atoms with van der Waals surface area (Å²) >= 11 is 0. The van der Waals surface area contributed by atoms with Crippen molar-refractivity contribution in [2.45, 2.75) is 44.5 Å². The molecule has 0 aliphatic heterocycles. The summed E-state index contributed by atoms with van der Waals surface area (Å²) in [5.74, 6) is -0.283. The van der Waals surface area contributed by atoms with E-state index in [0.29, 0.717) is 5.56 Å². The summed E-state index contributed by atoms with van der Waals surface area (Å²) in [5.41, 5.74) is 1.19. The number of fused-ring (bicyclic) bond motifs is 1. The minimum absolute atomic E-state index is 0.0223. The highest BCUT2D eigenvalue weighted by atomic mass is 16.5. The van der Waals surface area contributed by atoms with Gasteiger partial charge in [-0.1, -0.05) is 12.1 Å². The number of methoxy groups -OCH3 is 2. The molecule has 1 N–H and O–H groups in total. The van der Waals surface area contributed by atoms with Crippen LogP contribution in [-0.4, -0.2) is 30.7 Å². The Morgan fingerprint density at radius 1 is 1.15 bits per heavy atom. The van der Waals surface area contributed by atoms with Crippen LogP contribution in [0.4, 0.5) is 0 Å². The predicted molar refractivity (Wildman–Crippen MR) is 75.8 cm³/mol. The SMILES string of the molecule is COC1CCC(OC)c2cc(C(=O)C(C)(C)O)ccc21. The molecule has 1 aromatic carbocycles. The number of carbonyl (C=O) groups is 1. The third-order valence-corrected chi connectivity index (χ3v) is 3.86. The van der Waals surface area contributed by atoms with E-state index in [1.54, 1.807) is 20.3 Å². The van der Waals surface area contributed by atoms with Crippen molar-refractivity contribution in [1.29, 1.82) is 0 Å². The van der Waals surface area contributed by atoms with E-state index in [4.69, 9.17) is 9.47 Å². The largest absolute Gasteiger partial charge is 0.382 e. The summed E-state index contributed by atoms with van der Waals surface area (Å²) in [6.07, 6.45) is 1.79. The first kappa shape index (κ1) is 15.2. The monoisotopic (exact) mass is 278 g/mol. The van der Waals surface area contributed by atoms with Gasteiger partial charge in [0.1, 0.15) is 5.60 Å². The minimum atomic E-state index is -1.37. The fourth-order valence-corrected chi connectivity index (χ4v) is 2.74. The molecule has 0 amide bonds. The lowest BCUT2D eigenvalue weighted by atomic mass is 9.84. The summed E-state index contributed by atoms with van der Waals surface area (Å²) in [7, 11) is 3.36. The summed E-state index contributed by atoms with van der Waals surface area (Å²) in [4.78, 5) is 12.2. The van der Waals surface area contributed by atoms with Crippen molar-refractivity contribution in [3.8, 4) is 0 Å². The number of benzene rings is 1. The third-order valence-electron chi connectivity index (χ3n) is 3.86. The molecule has 0 fully saturated rings. The van der Waals surface area contributed by atoms with Crippen molar-refractivity contribution < 1.29 is 19.4 Å². The fraction of sp³-hybridized carbons (Fsp3) is 0.562. The molecule has 0 saturated heterocycles. The van der Waals surface area contributed by atoms with Crippen molar-refractivity contribution in [3.63, 3.8) is 0 Å². The second-order valence-corrected chi connectivity index (χ2v) is 5.76. The number of carbonyl (C=O) groups excluding carboxylic acids is 1. The van der Waals surface area contributed by atoms with E-state index in [1.165, 1.54) is 13.8 Å². The van der Waals surface area contributed by atoms with Gasteiger partial charge in [0.25, 0.3) is 0 Å². The molecule has 0 radical (unpaired) electrons. The first-order valence-electron chi connectivity index (χ1n) is 6.85. The number of Topliss-reactive ketones (excluding diaryl/α,β-unsaturated/α-hetero) is 1. The normalized spacial score (nSPS) is 22.4. The molecule has 4 nitrogen and oxygen atoms in total. The van der Waals surface area contributed by atoms with Gasteiger partial charge in [0.15, 0.2) is 5.78 Å². The van der Waals surface area contributed by atoms with E-state index < -0.39 is 5.60 Å². The molecule has 2 unspecified atom stereocenters. The Hall–Kier alpha value is -1.23. The summed E-state index contributed by atoms with van der Waals surface area (Å²) in [6.45, 7) is 3.00. The van der Waals surface area contributed by atoms with Gasteiger partial charge < -0.3 is 14.6 Å². The molecular weight excluding hydrogens is 256 g/mol. The summed E-state index contributed by atoms with van der Waals surface area (Å²) < 4.78 is 11.0. The highest BCUT2D eigenvalue weighted by Gasteiger charge is 2.30. The maximum Gasteiger partial charge on any atom is 0.193 e. The van der Waals surface area contributed by atoms with Crippen LogP contribution in [0.3, 0.4) is 0 Å². The molecule has 0 saturated carbocycles. The van der Waals surface area contributed by atoms with Crippen LogP contribution < -0.4 is 0 Å². The van der Waals surface area contributed by atoms with Gasteiger partial charge in [-0.05, 0) is 43.9 Å². The van der Waals surface area contributed by atoms with E-state index in [2.05, 4.69) is 0 Å². The van der Waals surface area contributed by atoms with Crippen molar-refractivity contribution in [2.75, 3.05) is 14.2 Å². The standard InChI is InChI=1S/C16H22O4/c1-16(2,18)15(17)10-5-6-11-12(9-10)14(20-4)8-7-13(11)19-3/h5-6,9,13-14,18H,7-8H2,1-4H3. The molecule has 0 spiro atoms. The zero-order valence-electron chi connectivity index (χ0n) is 12.5. The summed E-state index contributed by atoms with van der Waals surface area (Å²) in [6, 6.07) is 5.49. The Bertz CT molecular complexity index is 502. The Kier molecular flexibility index (Phi) is 4.28. The van der Waals surface area contributed by atoms with Gasteiger partial charge >= 0.3 is 0 Å². The Morgan fingerprint density at radius 3 is 2.20 bits per heavy atom. The average Bonchev–Trinajstić information content (AvgIpc) is 2.43.